The number of hydrogen-bond donors (Lipinski definition) is 1. The van der Waals surface area contributed by atoms with Gasteiger partial charge in [-0.05, 0) is 48.4 Å². The van der Waals surface area contributed by atoms with Crippen LogP contribution in [0.3, 0.4) is 0 Å². The number of carbonyl (C=O) groups excluding carboxylic acids is 1. The molecule has 0 aliphatic heterocycles. The maximum absolute atomic E-state index is 12.7. The largest absolute Gasteiger partial charge is 0.489 e. The summed E-state index contributed by atoms with van der Waals surface area (Å²) in [6, 6.07) is 21.4. The summed E-state index contributed by atoms with van der Waals surface area (Å²) in [7, 11) is -0.663. The lowest BCUT2D eigenvalue weighted by molar-refractivity contribution is 0.102. The Balaban J connectivity index is 1.75. The third kappa shape index (κ3) is 5.06. The van der Waals surface area contributed by atoms with Crippen LogP contribution in [-0.4, -0.2) is 32.7 Å². The molecule has 30 heavy (non-hydrogen) atoms. The van der Waals surface area contributed by atoms with Gasteiger partial charge in [0.2, 0.25) is 10.0 Å². The summed E-state index contributed by atoms with van der Waals surface area (Å²) < 4.78 is 31.9. The zero-order valence-corrected chi connectivity index (χ0v) is 17.9. The molecule has 0 saturated heterocycles. The highest BCUT2D eigenvalue weighted by atomic mass is 32.2. The van der Waals surface area contributed by atoms with Crippen molar-refractivity contribution in [2.75, 3.05) is 19.4 Å². The molecule has 1 amide bonds. The van der Waals surface area contributed by atoms with E-state index in [4.69, 9.17) is 4.74 Å². The van der Waals surface area contributed by atoms with E-state index in [-0.39, 0.29) is 10.8 Å². The van der Waals surface area contributed by atoms with E-state index < -0.39 is 10.0 Å². The first-order valence-corrected chi connectivity index (χ1v) is 10.8. The Morgan fingerprint density at radius 1 is 0.967 bits per heavy atom. The first-order chi connectivity index (χ1) is 14.3. The molecule has 6 nitrogen and oxygen atoms in total. The van der Waals surface area contributed by atoms with Crippen LogP contribution >= 0.6 is 0 Å². The second-order valence-corrected chi connectivity index (χ2v) is 9.14. The number of nitrogens with zero attached hydrogens (tertiary/aromatic N) is 1. The first-order valence-electron chi connectivity index (χ1n) is 9.39. The van der Waals surface area contributed by atoms with Crippen molar-refractivity contribution < 1.29 is 17.9 Å². The monoisotopic (exact) mass is 424 g/mol. The molecule has 0 aliphatic rings. The summed E-state index contributed by atoms with van der Waals surface area (Å²) in [5.41, 5.74) is 2.46. The predicted molar refractivity (Wildman–Crippen MR) is 117 cm³/mol. The number of aryl methyl sites for hydroxylation is 1. The van der Waals surface area contributed by atoms with Crippen molar-refractivity contribution in [2.45, 2.75) is 18.4 Å². The highest BCUT2D eigenvalue weighted by Gasteiger charge is 2.20. The number of benzene rings is 3. The third-order valence-electron chi connectivity index (χ3n) is 4.55. The lowest BCUT2D eigenvalue weighted by Gasteiger charge is -2.15. The van der Waals surface area contributed by atoms with E-state index in [0.29, 0.717) is 29.2 Å². The molecule has 0 atom stereocenters. The van der Waals surface area contributed by atoms with Crippen LogP contribution < -0.4 is 10.1 Å². The molecule has 3 aromatic rings. The van der Waals surface area contributed by atoms with Gasteiger partial charge in [-0.15, -0.1) is 0 Å². The third-order valence-corrected chi connectivity index (χ3v) is 6.51. The van der Waals surface area contributed by atoms with Gasteiger partial charge in [-0.25, -0.2) is 12.7 Å². The van der Waals surface area contributed by atoms with Crippen molar-refractivity contribution in [3.8, 4) is 5.75 Å². The van der Waals surface area contributed by atoms with Gasteiger partial charge in [0.1, 0.15) is 12.4 Å². The molecule has 3 aromatic carbocycles. The van der Waals surface area contributed by atoms with Crippen LogP contribution in [-0.2, 0) is 16.6 Å². The van der Waals surface area contributed by atoms with Crippen LogP contribution in [0.2, 0.25) is 0 Å². The minimum Gasteiger partial charge on any atom is -0.489 e. The van der Waals surface area contributed by atoms with Crippen LogP contribution in [0.25, 0.3) is 0 Å². The summed E-state index contributed by atoms with van der Waals surface area (Å²) in [6.45, 7) is 2.12. The van der Waals surface area contributed by atoms with Crippen molar-refractivity contribution in [2.24, 2.45) is 0 Å². The van der Waals surface area contributed by atoms with Crippen molar-refractivity contribution in [3.05, 3.63) is 89.5 Å². The van der Waals surface area contributed by atoms with Gasteiger partial charge in [-0.3, -0.25) is 4.79 Å². The normalized spacial score (nSPS) is 11.3. The quantitative estimate of drug-likeness (QED) is 0.620. The van der Waals surface area contributed by atoms with Gasteiger partial charge in [-0.1, -0.05) is 42.5 Å². The van der Waals surface area contributed by atoms with Crippen molar-refractivity contribution in [1.29, 1.82) is 0 Å². The Hall–Kier alpha value is -3.16. The smallest absolute Gasteiger partial charge is 0.255 e. The van der Waals surface area contributed by atoms with E-state index in [1.165, 1.54) is 20.2 Å². The van der Waals surface area contributed by atoms with Gasteiger partial charge in [0.25, 0.3) is 5.91 Å². The molecule has 0 bridgehead atoms. The highest BCUT2D eigenvalue weighted by Crippen LogP contribution is 2.23. The molecule has 3 rings (SSSR count). The number of ether oxygens (including phenoxy) is 1. The number of hydrogen-bond acceptors (Lipinski definition) is 4. The fourth-order valence-electron chi connectivity index (χ4n) is 2.82. The van der Waals surface area contributed by atoms with Gasteiger partial charge in [0.15, 0.2) is 0 Å². The average Bonchev–Trinajstić information content (AvgIpc) is 2.74. The molecule has 0 radical (unpaired) electrons. The summed E-state index contributed by atoms with van der Waals surface area (Å²) in [4.78, 5) is 12.9. The Kier molecular flexibility index (Phi) is 6.54. The van der Waals surface area contributed by atoms with Crippen molar-refractivity contribution in [1.82, 2.24) is 4.31 Å². The zero-order chi connectivity index (χ0) is 21.7. The molecule has 1 N–H and O–H groups in total. The van der Waals surface area contributed by atoms with Crippen LogP contribution in [0, 0.1) is 6.92 Å². The predicted octanol–water partition coefficient (Wildman–Crippen LogP) is 4.08. The summed E-state index contributed by atoms with van der Waals surface area (Å²) in [5, 5.41) is 2.76. The van der Waals surface area contributed by atoms with Gasteiger partial charge >= 0.3 is 0 Å². The lowest BCUT2D eigenvalue weighted by atomic mass is 10.2. The van der Waals surface area contributed by atoms with Crippen LogP contribution in [0.5, 0.6) is 5.75 Å². The van der Waals surface area contributed by atoms with Crippen molar-refractivity contribution in [3.63, 3.8) is 0 Å². The molecule has 0 fully saturated rings. The lowest BCUT2D eigenvalue weighted by Crippen LogP contribution is -2.23. The second kappa shape index (κ2) is 9.11. The summed E-state index contributed by atoms with van der Waals surface area (Å²) in [6.07, 6.45) is 0. The van der Waals surface area contributed by atoms with E-state index >= 15 is 0 Å². The highest BCUT2D eigenvalue weighted by molar-refractivity contribution is 7.89. The van der Waals surface area contributed by atoms with Gasteiger partial charge in [0, 0.05) is 25.3 Å². The summed E-state index contributed by atoms with van der Waals surface area (Å²) in [5.74, 6) is 0.225. The molecular weight excluding hydrogens is 400 g/mol. The van der Waals surface area contributed by atoms with E-state index in [1.54, 1.807) is 43.3 Å². The van der Waals surface area contributed by atoms with E-state index in [1.807, 2.05) is 30.3 Å². The minimum atomic E-state index is -3.61. The Morgan fingerprint density at radius 2 is 1.70 bits per heavy atom. The topological polar surface area (TPSA) is 75.7 Å². The standard InChI is InChI=1S/C23H24N2O4S/c1-17-12-13-20(15-22(17)30(27,28)25(2)3)24-23(26)19-10-7-11-21(14-19)29-16-18-8-5-4-6-9-18/h4-15H,16H2,1-3H3,(H,24,26). The Bertz CT molecular complexity index is 1140. The van der Waals surface area contributed by atoms with Gasteiger partial charge in [-0.2, -0.15) is 0 Å². The molecule has 7 heteroatoms. The van der Waals surface area contributed by atoms with E-state index in [9.17, 15) is 13.2 Å². The molecule has 0 aromatic heterocycles. The molecular formula is C23H24N2O4S. The number of nitrogens with one attached hydrogen (secondary N) is 1. The zero-order valence-electron chi connectivity index (χ0n) is 17.1. The molecule has 0 heterocycles. The maximum Gasteiger partial charge on any atom is 0.255 e. The Morgan fingerprint density at radius 3 is 2.40 bits per heavy atom. The Labute approximate surface area is 177 Å². The maximum atomic E-state index is 12.7. The van der Waals surface area contributed by atoms with E-state index in [0.717, 1.165) is 9.87 Å². The van der Waals surface area contributed by atoms with E-state index in [2.05, 4.69) is 5.32 Å². The number of anilines is 1. The van der Waals surface area contributed by atoms with Gasteiger partial charge in [0.05, 0.1) is 4.90 Å². The minimum absolute atomic E-state index is 0.158. The molecule has 0 spiro atoms. The molecule has 0 aliphatic carbocycles. The number of amides is 1. The second-order valence-electron chi connectivity index (χ2n) is 7.02. The van der Waals surface area contributed by atoms with Crippen molar-refractivity contribution >= 4 is 21.6 Å². The van der Waals surface area contributed by atoms with Crippen LogP contribution in [0.4, 0.5) is 5.69 Å². The fraction of sp³-hybridized carbons (Fsp3) is 0.174. The molecule has 0 saturated carbocycles. The number of carbonyl (C=O) groups is 1. The summed E-state index contributed by atoms with van der Waals surface area (Å²) >= 11 is 0. The average molecular weight is 425 g/mol. The molecule has 0 unspecified atom stereocenters. The number of sulfonamides is 1. The number of rotatable bonds is 7. The van der Waals surface area contributed by atoms with Gasteiger partial charge < -0.3 is 10.1 Å². The fourth-order valence-corrected chi connectivity index (χ4v) is 3.97. The van der Waals surface area contributed by atoms with Crippen LogP contribution in [0.1, 0.15) is 21.5 Å². The molecule has 156 valence electrons. The SMILES string of the molecule is Cc1ccc(NC(=O)c2cccc(OCc3ccccc3)c2)cc1S(=O)(=O)N(C)C. The van der Waals surface area contributed by atoms with Crippen LogP contribution in [0.15, 0.2) is 77.7 Å². The first kappa shape index (κ1) is 21.5.